The van der Waals surface area contributed by atoms with Crippen molar-refractivity contribution >= 4 is 29.1 Å². The first kappa shape index (κ1) is 20.7. The standard InChI is InChI=1S/C23H25FN2O3S/c1-25(14-16-9-10-30-15-16)20(27)12-23(17-5-4-6-18(24)11-17)13-21(28)26(22(23)29)19-7-2-3-8-19/h4-6,9-11,15,19H,2-3,7-8,12-14H2,1H3. The average molecular weight is 429 g/mol. The molecule has 1 aliphatic heterocycles. The minimum absolute atomic E-state index is 0.0934. The number of likely N-dealkylation sites (tertiary alicyclic amines) is 1. The summed E-state index contributed by atoms with van der Waals surface area (Å²) in [5, 5.41) is 3.92. The second-order valence-corrected chi connectivity index (χ2v) is 9.11. The van der Waals surface area contributed by atoms with E-state index in [4.69, 9.17) is 0 Å². The smallest absolute Gasteiger partial charge is 0.241 e. The Morgan fingerprint density at radius 1 is 1.27 bits per heavy atom. The van der Waals surface area contributed by atoms with Gasteiger partial charge in [-0.3, -0.25) is 19.3 Å². The van der Waals surface area contributed by atoms with Crippen molar-refractivity contribution in [3.8, 4) is 0 Å². The van der Waals surface area contributed by atoms with Crippen molar-refractivity contribution in [2.45, 2.75) is 56.5 Å². The lowest BCUT2D eigenvalue weighted by molar-refractivity contribution is -0.144. The third-order valence-electron chi connectivity index (χ3n) is 6.30. The van der Waals surface area contributed by atoms with Gasteiger partial charge in [0.25, 0.3) is 0 Å². The SMILES string of the molecule is CN(Cc1ccsc1)C(=O)CC1(c2cccc(F)c2)CC(=O)N(C2CCCC2)C1=O. The Balaban J connectivity index is 1.65. The number of hydrogen-bond donors (Lipinski definition) is 0. The highest BCUT2D eigenvalue weighted by atomic mass is 32.1. The fraction of sp³-hybridized carbons (Fsp3) is 0.435. The molecule has 7 heteroatoms. The lowest BCUT2D eigenvalue weighted by atomic mass is 9.75. The molecule has 0 N–H and O–H groups in total. The lowest BCUT2D eigenvalue weighted by Crippen LogP contribution is -2.45. The van der Waals surface area contributed by atoms with Gasteiger partial charge in [0.05, 0.1) is 5.41 Å². The molecular weight excluding hydrogens is 403 g/mol. The number of amides is 3. The number of rotatable bonds is 6. The van der Waals surface area contributed by atoms with E-state index in [0.29, 0.717) is 12.1 Å². The van der Waals surface area contributed by atoms with Gasteiger partial charge in [0, 0.05) is 32.5 Å². The molecule has 158 valence electrons. The summed E-state index contributed by atoms with van der Waals surface area (Å²) in [5.41, 5.74) is 0.0672. The Morgan fingerprint density at radius 2 is 2.03 bits per heavy atom. The summed E-state index contributed by atoms with van der Waals surface area (Å²) in [6.45, 7) is 0.427. The monoisotopic (exact) mass is 428 g/mol. The van der Waals surface area contributed by atoms with Crippen LogP contribution in [-0.2, 0) is 26.3 Å². The molecule has 1 saturated carbocycles. The molecule has 30 heavy (non-hydrogen) atoms. The fourth-order valence-electron chi connectivity index (χ4n) is 4.68. The zero-order valence-corrected chi connectivity index (χ0v) is 17.8. The van der Waals surface area contributed by atoms with Crippen LogP contribution in [-0.4, -0.2) is 40.6 Å². The summed E-state index contributed by atoms with van der Waals surface area (Å²) in [7, 11) is 1.69. The van der Waals surface area contributed by atoms with Crippen LogP contribution in [0.25, 0.3) is 0 Å². The molecular formula is C23H25FN2O3S. The minimum atomic E-state index is -1.35. The van der Waals surface area contributed by atoms with Gasteiger partial charge in [-0.05, 0) is 52.9 Å². The van der Waals surface area contributed by atoms with Gasteiger partial charge >= 0.3 is 0 Å². The molecule has 2 fully saturated rings. The van der Waals surface area contributed by atoms with Crippen molar-refractivity contribution in [3.05, 3.63) is 58.0 Å². The van der Waals surface area contributed by atoms with Gasteiger partial charge in [0.15, 0.2) is 0 Å². The summed E-state index contributed by atoms with van der Waals surface area (Å²) in [6, 6.07) is 7.61. The molecule has 2 heterocycles. The molecule has 5 nitrogen and oxygen atoms in total. The number of halogens is 1. The Bertz CT molecular complexity index is 955. The number of thiophene rings is 1. The molecule has 0 spiro atoms. The molecule has 1 unspecified atom stereocenters. The first-order valence-electron chi connectivity index (χ1n) is 10.3. The molecule has 4 rings (SSSR count). The van der Waals surface area contributed by atoms with E-state index in [-0.39, 0.29) is 36.6 Å². The zero-order valence-electron chi connectivity index (χ0n) is 17.0. The summed E-state index contributed by atoms with van der Waals surface area (Å²) >= 11 is 1.55. The number of hydrogen-bond acceptors (Lipinski definition) is 4. The highest BCUT2D eigenvalue weighted by molar-refractivity contribution is 7.07. The molecule has 1 atom stereocenters. The van der Waals surface area contributed by atoms with Gasteiger partial charge in [-0.15, -0.1) is 0 Å². The van der Waals surface area contributed by atoms with E-state index in [9.17, 15) is 18.8 Å². The van der Waals surface area contributed by atoms with E-state index < -0.39 is 11.2 Å². The van der Waals surface area contributed by atoms with Crippen LogP contribution in [0.2, 0.25) is 0 Å². The summed E-state index contributed by atoms with van der Waals surface area (Å²) in [5.74, 6) is -1.34. The maximum atomic E-state index is 14.1. The Kier molecular flexibility index (Phi) is 5.73. The van der Waals surface area contributed by atoms with Crippen LogP contribution in [0.3, 0.4) is 0 Å². The molecule has 1 saturated heterocycles. The third kappa shape index (κ3) is 3.78. The van der Waals surface area contributed by atoms with Crippen LogP contribution in [0.5, 0.6) is 0 Å². The fourth-order valence-corrected chi connectivity index (χ4v) is 5.34. The molecule has 2 aromatic rings. The van der Waals surface area contributed by atoms with E-state index in [1.165, 1.54) is 23.1 Å². The van der Waals surface area contributed by atoms with E-state index in [1.807, 2.05) is 16.8 Å². The van der Waals surface area contributed by atoms with Crippen LogP contribution in [0.1, 0.15) is 49.7 Å². The third-order valence-corrected chi connectivity index (χ3v) is 7.03. The molecule has 3 amide bonds. The van der Waals surface area contributed by atoms with Crippen LogP contribution in [0.4, 0.5) is 4.39 Å². The highest BCUT2D eigenvalue weighted by Crippen LogP contribution is 2.43. The van der Waals surface area contributed by atoms with E-state index >= 15 is 0 Å². The maximum Gasteiger partial charge on any atom is 0.241 e. The zero-order chi connectivity index (χ0) is 21.3. The number of imide groups is 1. The second-order valence-electron chi connectivity index (χ2n) is 8.33. The predicted molar refractivity (Wildman–Crippen MR) is 112 cm³/mol. The van der Waals surface area contributed by atoms with Gasteiger partial charge in [0.2, 0.25) is 17.7 Å². The van der Waals surface area contributed by atoms with Crippen LogP contribution < -0.4 is 0 Å². The second kappa shape index (κ2) is 8.30. The summed E-state index contributed by atoms with van der Waals surface area (Å²) < 4.78 is 14.1. The van der Waals surface area contributed by atoms with Crippen molar-refractivity contribution in [2.24, 2.45) is 0 Å². The molecule has 1 aromatic carbocycles. The molecule has 1 aromatic heterocycles. The van der Waals surface area contributed by atoms with Crippen molar-refractivity contribution in [3.63, 3.8) is 0 Å². The van der Waals surface area contributed by atoms with Gasteiger partial charge < -0.3 is 4.90 Å². The molecule has 0 bridgehead atoms. The molecule has 0 radical (unpaired) electrons. The van der Waals surface area contributed by atoms with Crippen molar-refractivity contribution in [1.82, 2.24) is 9.80 Å². The van der Waals surface area contributed by atoms with Crippen molar-refractivity contribution < 1.29 is 18.8 Å². The maximum absolute atomic E-state index is 14.1. The average Bonchev–Trinajstić information content (AvgIpc) is 3.45. The topological polar surface area (TPSA) is 57.7 Å². The van der Waals surface area contributed by atoms with Gasteiger partial charge in [-0.2, -0.15) is 11.3 Å². The minimum Gasteiger partial charge on any atom is -0.341 e. The van der Waals surface area contributed by atoms with Gasteiger partial charge in [-0.25, -0.2) is 4.39 Å². The Labute approximate surface area is 179 Å². The number of benzene rings is 1. The highest BCUT2D eigenvalue weighted by Gasteiger charge is 2.55. The molecule has 1 aliphatic carbocycles. The Hall–Kier alpha value is -2.54. The number of carbonyl (C=O) groups is 3. The number of nitrogens with zero attached hydrogens (tertiary/aromatic N) is 2. The van der Waals surface area contributed by atoms with Crippen LogP contribution in [0.15, 0.2) is 41.1 Å². The summed E-state index contributed by atoms with van der Waals surface area (Å²) in [6.07, 6.45) is 3.31. The predicted octanol–water partition coefficient (Wildman–Crippen LogP) is 3.88. The quantitative estimate of drug-likeness (QED) is 0.656. The largest absolute Gasteiger partial charge is 0.341 e. The van der Waals surface area contributed by atoms with E-state index in [2.05, 4.69) is 0 Å². The van der Waals surface area contributed by atoms with Gasteiger partial charge in [0.1, 0.15) is 5.82 Å². The van der Waals surface area contributed by atoms with Gasteiger partial charge in [-0.1, -0.05) is 25.0 Å². The Morgan fingerprint density at radius 3 is 2.70 bits per heavy atom. The normalized spacial score (nSPS) is 22.1. The van der Waals surface area contributed by atoms with E-state index in [1.54, 1.807) is 29.4 Å². The van der Waals surface area contributed by atoms with E-state index in [0.717, 1.165) is 31.2 Å². The van der Waals surface area contributed by atoms with Crippen LogP contribution in [0, 0.1) is 5.82 Å². The lowest BCUT2D eigenvalue weighted by Gasteiger charge is -2.30. The van der Waals surface area contributed by atoms with Crippen LogP contribution >= 0.6 is 11.3 Å². The number of carbonyl (C=O) groups excluding carboxylic acids is 3. The first-order valence-corrected chi connectivity index (χ1v) is 11.2. The van der Waals surface area contributed by atoms with Crippen molar-refractivity contribution in [1.29, 1.82) is 0 Å². The first-order chi connectivity index (χ1) is 14.4. The van der Waals surface area contributed by atoms with Crippen molar-refractivity contribution in [2.75, 3.05) is 7.05 Å². The summed E-state index contributed by atoms with van der Waals surface area (Å²) in [4.78, 5) is 42.6. The molecule has 2 aliphatic rings.